The van der Waals surface area contributed by atoms with Gasteiger partial charge in [-0.15, -0.1) is 0 Å². The zero-order valence-electron chi connectivity index (χ0n) is 10.9. The molecule has 0 saturated heterocycles. The average molecular weight is 254 g/mol. The molecule has 0 fully saturated rings. The zero-order valence-corrected chi connectivity index (χ0v) is 10.9. The largest absolute Gasteiger partial charge is 0.423 e. The lowest BCUT2D eigenvalue weighted by Crippen LogP contribution is -2.08. The highest BCUT2D eigenvalue weighted by molar-refractivity contribution is 6.08. The van der Waals surface area contributed by atoms with Gasteiger partial charge in [-0.05, 0) is 25.3 Å². The van der Waals surface area contributed by atoms with E-state index < -0.39 is 5.97 Å². The van der Waals surface area contributed by atoms with Crippen molar-refractivity contribution < 1.29 is 14.3 Å². The molecule has 2 rings (SSSR count). The van der Waals surface area contributed by atoms with E-state index in [1.807, 2.05) is 12.1 Å². The van der Waals surface area contributed by atoms with Crippen molar-refractivity contribution in [1.29, 1.82) is 0 Å². The molecule has 3 nitrogen and oxygen atoms in total. The molecule has 0 aliphatic rings. The van der Waals surface area contributed by atoms with Gasteiger partial charge in [-0.25, -0.2) is 4.79 Å². The van der Waals surface area contributed by atoms with E-state index in [0.29, 0.717) is 16.9 Å². The van der Waals surface area contributed by atoms with Crippen molar-refractivity contribution in [3.8, 4) is 5.75 Å². The van der Waals surface area contributed by atoms with Crippen LogP contribution in [0.15, 0.2) is 48.6 Å². The number of rotatable bonds is 3. The number of benzene rings is 2. The van der Waals surface area contributed by atoms with Gasteiger partial charge >= 0.3 is 5.97 Å². The number of ketones is 1. The molecule has 0 unspecified atom stereocenters. The number of esters is 1. The summed E-state index contributed by atoms with van der Waals surface area (Å²) in [6, 6.07) is 10.7. The van der Waals surface area contributed by atoms with E-state index in [1.54, 1.807) is 31.2 Å². The molecule has 0 spiro atoms. The Hall–Kier alpha value is -2.42. The zero-order chi connectivity index (χ0) is 14.0. The van der Waals surface area contributed by atoms with Crippen molar-refractivity contribution in [2.75, 3.05) is 0 Å². The van der Waals surface area contributed by atoms with Gasteiger partial charge in [0.1, 0.15) is 5.75 Å². The first kappa shape index (κ1) is 13.0. The van der Waals surface area contributed by atoms with Gasteiger partial charge in [0.05, 0.1) is 0 Å². The van der Waals surface area contributed by atoms with Crippen LogP contribution in [0, 0.1) is 0 Å². The van der Waals surface area contributed by atoms with E-state index in [9.17, 15) is 9.59 Å². The Morgan fingerprint density at radius 1 is 1.00 bits per heavy atom. The maximum Gasteiger partial charge on any atom is 0.338 e. The topological polar surface area (TPSA) is 43.4 Å². The van der Waals surface area contributed by atoms with Crippen LogP contribution in [0.4, 0.5) is 0 Å². The molecule has 0 bridgehead atoms. The third kappa shape index (κ3) is 2.55. The van der Waals surface area contributed by atoms with Crippen LogP contribution in [-0.2, 0) is 4.79 Å². The van der Waals surface area contributed by atoms with Crippen LogP contribution in [0.1, 0.15) is 24.2 Å². The Morgan fingerprint density at radius 2 is 1.63 bits per heavy atom. The van der Waals surface area contributed by atoms with Crippen molar-refractivity contribution >= 4 is 22.5 Å². The summed E-state index contributed by atoms with van der Waals surface area (Å²) in [5.74, 6) is -0.0525. The number of Topliss-reactive ketones (excluding diaryl/α,β-unsaturated/α-hetero) is 1. The quantitative estimate of drug-likeness (QED) is 0.364. The fourth-order valence-electron chi connectivity index (χ4n) is 1.86. The van der Waals surface area contributed by atoms with Crippen LogP contribution in [0.3, 0.4) is 0 Å². The summed E-state index contributed by atoms with van der Waals surface area (Å²) in [5, 5.41) is 1.52. The molecule has 19 heavy (non-hydrogen) atoms. The maximum atomic E-state index is 11.6. The second kappa shape index (κ2) is 5.06. The van der Waals surface area contributed by atoms with Gasteiger partial charge in [0.25, 0.3) is 0 Å². The third-order valence-electron chi connectivity index (χ3n) is 2.81. The van der Waals surface area contributed by atoms with Gasteiger partial charge < -0.3 is 4.74 Å². The van der Waals surface area contributed by atoms with E-state index in [0.717, 1.165) is 10.8 Å². The normalized spacial score (nSPS) is 10.2. The Morgan fingerprint density at radius 3 is 2.26 bits per heavy atom. The Balaban J connectivity index is 2.58. The maximum absolute atomic E-state index is 11.6. The van der Waals surface area contributed by atoms with Gasteiger partial charge in [-0.2, -0.15) is 0 Å². The van der Waals surface area contributed by atoms with Crippen LogP contribution >= 0.6 is 0 Å². The fourth-order valence-corrected chi connectivity index (χ4v) is 1.86. The molecule has 0 saturated carbocycles. The van der Waals surface area contributed by atoms with E-state index >= 15 is 0 Å². The minimum atomic E-state index is -0.472. The van der Waals surface area contributed by atoms with E-state index in [1.165, 1.54) is 6.92 Å². The number of hydrogen-bond acceptors (Lipinski definition) is 3. The van der Waals surface area contributed by atoms with Gasteiger partial charge in [-0.1, -0.05) is 36.9 Å². The number of carbonyl (C=O) groups excluding carboxylic acids is 2. The first-order valence-electron chi connectivity index (χ1n) is 5.91. The highest BCUT2D eigenvalue weighted by atomic mass is 16.5. The SMILES string of the molecule is C=C(C)C(=O)Oc1cccc2c(C(C)=O)cccc12. The summed E-state index contributed by atoms with van der Waals surface area (Å²) in [6.45, 7) is 6.66. The second-order valence-electron chi connectivity index (χ2n) is 4.38. The highest BCUT2D eigenvalue weighted by Gasteiger charge is 2.11. The van der Waals surface area contributed by atoms with Gasteiger partial charge in [0.2, 0.25) is 0 Å². The van der Waals surface area contributed by atoms with Crippen LogP contribution in [0.5, 0.6) is 5.75 Å². The second-order valence-corrected chi connectivity index (χ2v) is 4.38. The summed E-state index contributed by atoms with van der Waals surface area (Å²) < 4.78 is 5.27. The lowest BCUT2D eigenvalue weighted by molar-refractivity contribution is -0.129. The molecule has 0 aromatic heterocycles. The molecule has 0 aliphatic carbocycles. The van der Waals surface area contributed by atoms with Crippen LogP contribution in [-0.4, -0.2) is 11.8 Å². The van der Waals surface area contributed by atoms with Gasteiger partial charge in [-0.3, -0.25) is 4.79 Å². The molecular weight excluding hydrogens is 240 g/mol. The third-order valence-corrected chi connectivity index (χ3v) is 2.81. The summed E-state index contributed by atoms with van der Waals surface area (Å²) in [7, 11) is 0. The summed E-state index contributed by atoms with van der Waals surface area (Å²) >= 11 is 0. The number of fused-ring (bicyclic) bond motifs is 1. The molecule has 0 N–H and O–H groups in total. The van der Waals surface area contributed by atoms with Gasteiger partial charge in [0, 0.05) is 16.5 Å². The average Bonchev–Trinajstić information content (AvgIpc) is 2.38. The fraction of sp³-hybridized carbons (Fsp3) is 0.125. The molecule has 0 heterocycles. The highest BCUT2D eigenvalue weighted by Crippen LogP contribution is 2.28. The van der Waals surface area contributed by atoms with Crippen molar-refractivity contribution in [3.05, 3.63) is 54.1 Å². The Labute approximate surface area is 111 Å². The molecule has 0 amide bonds. The number of carbonyl (C=O) groups is 2. The number of hydrogen-bond donors (Lipinski definition) is 0. The summed E-state index contributed by atoms with van der Waals surface area (Å²) in [6.07, 6.45) is 0. The van der Waals surface area contributed by atoms with Crippen LogP contribution < -0.4 is 4.74 Å². The molecule has 96 valence electrons. The van der Waals surface area contributed by atoms with Crippen molar-refractivity contribution in [2.45, 2.75) is 13.8 Å². The minimum absolute atomic E-state index is 0.0195. The summed E-state index contributed by atoms with van der Waals surface area (Å²) in [5.41, 5.74) is 0.949. The number of ether oxygens (including phenoxy) is 1. The van der Waals surface area contributed by atoms with Crippen molar-refractivity contribution in [1.82, 2.24) is 0 Å². The molecular formula is C16H14O3. The Kier molecular flexibility index (Phi) is 3.47. The van der Waals surface area contributed by atoms with Crippen molar-refractivity contribution in [3.63, 3.8) is 0 Å². The smallest absolute Gasteiger partial charge is 0.338 e. The van der Waals surface area contributed by atoms with E-state index in [2.05, 4.69) is 6.58 Å². The van der Waals surface area contributed by atoms with E-state index in [-0.39, 0.29) is 5.78 Å². The lowest BCUT2D eigenvalue weighted by atomic mass is 10.0. The molecule has 0 aliphatic heterocycles. The molecule has 3 heteroatoms. The predicted octanol–water partition coefficient (Wildman–Crippen LogP) is 3.52. The molecule has 2 aromatic rings. The predicted molar refractivity (Wildman–Crippen MR) is 74.4 cm³/mol. The van der Waals surface area contributed by atoms with Gasteiger partial charge in [0.15, 0.2) is 5.78 Å². The molecule has 2 aromatic carbocycles. The standard InChI is InChI=1S/C16H14O3/c1-10(2)16(18)19-15-9-5-7-13-12(11(3)17)6-4-8-14(13)15/h4-9H,1H2,2-3H3. The monoisotopic (exact) mass is 254 g/mol. The van der Waals surface area contributed by atoms with Crippen LogP contribution in [0.2, 0.25) is 0 Å². The first-order valence-corrected chi connectivity index (χ1v) is 5.91. The summed E-state index contributed by atoms with van der Waals surface area (Å²) in [4.78, 5) is 23.2. The minimum Gasteiger partial charge on any atom is -0.423 e. The molecule has 0 radical (unpaired) electrons. The van der Waals surface area contributed by atoms with Crippen molar-refractivity contribution in [2.24, 2.45) is 0 Å². The van der Waals surface area contributed by atoms with Crippen LogP contribution in [0.25, 0.3) is 10.8 Å². The lowest BCUT2D eigenvalue weighted by Gasteiger charge is -2.09. The Bertz CT molecular complexity index is 683. The first-order chi connectivity index (χ1) is 9.00. The van der Waals surface area contributed by atoms with E-state index in [4.69, 9.17) is 4.74 Å². The molecule has 0 atom stereocenters.